The quantitative estimate of drug-likeness (QED) is 0.489. The summed E-state index contributed by atoms with van der Waals surface area (Å²) in [6.07, 6.45) is 3.94. The van der Waals surface area contributed by atoms with Crippen molar-refractivity contribution >= 4 is 0 Å². The number of nitrogens with zero attached hydrogens (tertiary/aromatic N) is 1. The molecule has 1 N–H and O–H groups in total. The average Bonchev–Trinajstić information content (AvgIpc) is 2.45. The second kappa shape index (κ2) is 1.96. The van der Waals surface area contributed by atoms with Gasteiger partial charge in [-0.3, -0.25) is 0 Å². The van der Waals surface area contributed by atoms with Crippen LogP contribution in [0.5, 0.6) is 0 Å². The van der Waals surface area contributed by atoms with Crippen LogP contribution in [0, 0.1) is 0 Å². The van der Waals surface area contributed by atoms with Gasteiger partial charge in [0.05, 0.1) is 0 Å². The Labute approximate surface area is 56.0 Å². The van der Waals surface area contributed by atoms with Crippen LogP contribution in [0.1, 0.15) is 19.3 Å². The zero-order valence-corrected chi connectivity index (χ0v) is 5.69. The van der Waals surface area contributed by atoms with Crippen LogP contribution in [-0.2, 0) is 0 Å². The van der Waals surface area contributed by atoms with Gasteiger partial charge in [0.15, 0.2) is 0 Å². The van der Waals surface area contributed by atoms with E-state index in [1.54, 1.807) is 0 Å². The summed E-state index contributed by atoms with van der Waals surface area (Å²) in [4.78, 5) is 0. The van der Waals surface area contributed by atoms with Crippen molar-refractivity contribution in [2.75, 3.05) is 19.6 Å². The maximum Gasteiger partial charge on any atom is 0.0493 e. The fraction of sp³-hybridized carbons (Fsp3) is 1.00. The zero-order valence-electron chi connectivity index (χ0n) is 5.69. The Morgan fingerprint density at radius 1 is 1.33 bits per heavy atom. The molecule has 0 amide bonds. The lowest BCUT2D eigenvalue weighted by atomic mass is 9.97. The summed E-state index contributed by atoms with van der Waals surface area (Å²) >= 11 is 0. The summed E-state index contributed by atoms with van der Waals surface area (Å²) in [5.41, 5.74) is 0.403. The highest BCUT2D eigenvalue weighted by Crippen LogP contribution is 2.26. The Morgan fingerprint density at radius 3 is 2.89 bits per heavy atom. The predicted molar refractivity (Wildman–Crippen MR) is 36.5 cm³/mol. The minimum absolute atomic E-state index is 0.403. The number of rotatable bonds is 0. The molecule has 0 aliphatic carbocycles. The van der Waals surface area contributed by atoms with E-state index < -0.39 is 0 Å². The zero-order chi connectivity index (χ0) is 6.16. The van der Waals surface area contributed by atoms with Gasteiger partial charge in [-0.2, -0.15) is 0 Å². The van der Waals surface area contributed by atoms with Crippen LogP contribution in [0.3, 0.4) is 0 Å². The predicted octanol–water partition coefficient (Wildman–Crippen LogP) is 0.117. The molecule has 2 aliphatic heterocycles. The van der Waals surface area contributed by atoms with Crippen molar-refractivity contribution in [1.29, 1.82) is 0 Å². The van der Waals surface area contributed by atoms with Crippen molar-refractivity contribution in [2.45, 2.75) is 24.8 Å². The smallest absolute Gasteiger partial charge is 0.0493 e. The van der Waals surface area contributed by atoms with E-state index in [4.69, 9.17) is 0 Å². The topological polar surface area (TPSA) is 26.1 Å². The molecule has 0 aromatic carbocycles. The summed E-state index contributed by atoms with van der Waals surface area (Å²) in [7, 11) is 0. The van der Waals surface area contributed by atoms with Crippen molar-refractivity contribution in [3.8, 4) is 0 Å². The van der Waals surface area contributed by atoms with Gasteiger partial charge in [0.1, 0.15) is 0 Å². The molecule has 2 heteroatoms. The summed E-state index contributed by atoms with van der Waals surface area (Å²) in [5, 5.41) is 7.97. The highest BCUT2D eigenvalue weighted by molar-refractivity contribution is 4.98. The van der Waals surface area contributed by atoms with Gasteiger partial charge < -0.3 is 5.32 Å². The molecule has 1 atom stereocenters. The Morgan fingerprint density at radius 2 is 2.33 bits per heavy atom. The molecule has 0 aromatic heterocycles. The molecule has 1 unspecified atom stereocenters. The van der Waals surface area contributed by atoms with Crippen molar-refractivity contribution in [1.82, 2.24) is 10.6 Å². The Balaban J connectivity index is 2.04. The molecule has 9 heavy (non-hydrogen) atoms. The number of hydrogen-bond donors (Lipinski definition) is 1. The lowest BCUT2D eigenvalue weighted by Gasteiger charge is -2.19. The summed E-state index contributed by atoms with van der Waals surface area (Å²) in [5.74, 6) is 0. The van der Waals surface area contributed by atoms with E-state index in [1.165, 1.54) is 25.8 Å². The maximum atomic E-state index is 4.60. The van der Waals surface area contributed by atoms with E-state index in [0.717, 1.165) is 13.1 Å². The lowest BCUT2D eigenvalue weighted by Crippen LogP contribution is -2.36. The Kier molecular flexibility index (Phi) is 1.24. The highest BCUT2D eigenvalue weighted by atomic mass is 15.1. The first kappa shape index (κ1) is 5.69. The van der Waals surface area contributed by atoms with Crippen LogP contribution in [0.2, 0.25) is 0 Å². The molecular weight excluding hydrogens is 112 g/mol. The van der Waals surface area contributed by atoms with Gasteiger partial charge in [-0.05, 0) is 25.8 Å². The normalized spacial score (nSPS) is 42.7. The van der Waals surface area contributed by atoms with Gasteiger partial charge in [-0.25, -0.2) is 5.32 Å². The van der Waals surface area contributed by atoms with Crippen LogP contribution in [0.15, 0.2) is 0 Å². The third-order valence-electron chi connectivity index (χ3n) is 2.47. The van der Waals surface area contributed by atoms with Gasteiger partial charge in [0, 0.05) is 18.6 Å². The van der Waals surface area contributed by atoms with Crippen LogP contribution >= 0.6 is 0 Å². The first-order chi connectivity index (χ1) is 4.41. The molecule has 2 nitrogen and oxygen atoms in total. The molecular formula is C7H13N2. The van der Waals surface area contributed by atoms with Crippen molar-refractivity contribution in [3.05, 3.63) is 0 Å². The Bertz CT molecular complexity index is 82.0. The Hall–Kier alpha value is -0.0800. The first-order valence-corrected chi connectivity index (χ1v) is 3.81. The first-order valence-electron chi connectivity index (χ1n) is 3.81. The highest BCUT2D eigenvalue weighted by Gasteiger charge is 2.37. The molecule has 0 saturated carbocycles. The van der Waals surface area contributed by atoms with Gasteiger partial charge >= 0.3 is 0 Å². The molecule has 2 fully saturated rings. The van der Waals surface area contributed by atoms with Gasteiger partial charge in [-0.1, -0.05) is 0 Å². The monoisotopic (exact) mass is 125 g/mol. The van der Waals surface area contributed by atoms with Crippen molar-refractivity contribution in [2.24, 2.45) is 0 Å². The molecule has 1 radical (unpaired) electrons. The maximum absolute atomic E-state index is 4.60. The average molecular weight is 125 g/mol. The van der Waals surface area contributed by atoms with Crippen molar-refractivity contribution in [3.63, 3.8) is 0 Å². The standard InChI is InChI=1S/C7H13N2/c1-2-7(9-4-1)3-5-8-6-7/h8H,1-6H2. The van der Waals surface area contributed by atoms with E-state index in [-0.39, 0.29) is 0 Å². The second-order valence-electron chi connectivity index (χ2n) is 3.14. The van der Waals surface area contributed by atoms with Crippen LogP contribution < -0.4 is 10.6 Å². The third kappa shape index (κ3) is 0.864. The molecule has 2 rings (SSSR count). The van der Waals surface area contributed by atoms with Crippen molar-refractivity contribution < 1.29 is 0 Å². The third-order valence-corrected chi connectivity index (χ3v) is 2.47. The van der Waals surface area contributed by atoms with E-state index in [0.29, 0.717) is 5.54 Å². The molecule has 2 saturated heterocycles. The fourth-order valence-corrected chi connectivity index (χ4v) is 1.88. The molecule has 0 aromatic rings. The molecule has 1 spiro atoms. The minimum Gasteiger partial charge on any atom is -0.315 e. The van der Waals surface area contributed by atoms with E-state index in [2.05, 4.69) is 10.6 Å². The van der Waals surface area contributed by atoms with Gasteiger partial charge in [0.25, 0.3) is 0 Å². The minimum atomic E-state index is 0.403. The molecule has 0 bridgehead atoms. The molecule has 2 heterocycles. The van der Waals surface area contributed by atoms with Crippen LogP contribution in [0.25, 0.3) is 0 Å². The van der Waals surface area contributed by atoms with E-state index in [9.17, 15) is 0 Å². The number of hydrogen-bond acceptors (Lipinski definition) is 1. The SMILES string of the molecule is C1C[N]C2(C1)CCNC2. The largest absolute Gasteiger partial charge is 0.315 e. The summed E-state index contributed by atoms with van der Waals surface area (Å²) in [6, 6.07) is 0. The number of nitrogens with one attached hydrogen (secondary N) is 1. The van der Waals surface area contributed by atoms with Crippen LogP contribution in [-0.4, -0.2) is 25.2 Å². The van der Waals surface area contributed by atoms with Crippen LogP contribution in [0.4, 0.5) is 0 Å². The summed E-state index contributed by atoms with van der Waals surface area (Å²) < 4.78 is 0. The van der Waals surface area contributed by atoms with E-state index in [1.807, 2.05) is 0 Å². The van der Waals surface area contributed by atoms with Gasteiger partial charge in [-0.15, -0.1) is 0 Å². The summed E-state index contributed by atoms with van der Waals surface area (Å²) in [6.45, 7) is 3.44. The molecule has 51 valence electrons. The second-order valence-corrected chi connectivity index (χ2v) is 3.14. The van der Waals surface area contributed by atoms with Gasteiger partial charge in [0.2, 0.25) is 0 Å². The fourth-order valence-electron chi connectivity index (χ4n) is 1.88. The lowest BCUT2D eigenvalue weighted by molar-refractivity contribution is 0.406. The molecule has 2 aliphatic rings. The van der Waals surface area contributed by atoms with E-state index >= 15 is 0 Å².